The summed E-state index contributed by atoms with van der Waals surface area (Å²) in [6.07, 6.45) is 0.568. The van der Waals surface area contributed by atoms with Crippen molar-refractivity contribution >= 4 is 15.9 Å². The molecule has 2 rings (SSSR count). The molecule has 0 atom stereocenters. The van der Waals surface area contributed by atoms with Gasteiger partial charge in [-0.15, -0.1) is 0 Å². The Bertz CT molecular complexity index is 581. The lowest BCUT2D eigenvalue weighted by Gasteiger charge is -2.09. The first-order chi connectivity index (χ1) is 8.52. The maximum atomic E-state index is 13.3. The van der Waals surface area contributed by atoms with Crippen LogP contribution in [0.5, 0.6) is 5.75 Å². The zero-order chi connectivity index (χ0) is 13.3. The molecule has 0 amide bonds. The largest absolute Gasteiger partial charge is 0.496 e. The molecular weight excluding hydrogens is 299 g/mol. The lowest BCUT2D eigenvalue weighted by Crippen LogP contribution is -2.02. The average Bonchev–Trinajstić information content (AvgIpc) is 2.56. The van der Waals surface area contributed by atoms with Crippen molar-refractivity contribution in [3.05, 3.63) is 45.7 Å². The summed E-state index contributed by atoms with van der Waals surface area (Å²) >= 11 is 3.42. The summed E-state index contributed by atoms with van der Waals surface area (Å²) in [6.45, 7) is 1.93. The van der Waals surface area contributed by atoms with Gasteiger partial charge < -0.3 is 9.30 Å². The fourth-order valence-corrected chi connectivity index (χ4v) is 2.54. The third-order valence-corrected chi connectivity index (χ3v) is 3.62. The van der Waals surface area contributed by atoms with E-state index in [1.165, 1.54) is 12.1 Å². The molecule has 0 bridgehead atoms. The Morgan fingerprint density at radius 2 is 2.17 bits per heavy atom. The molecule has 0 aliphatic carbocycles. The van der Waals surface area contributed by atoms with Gasteiger partial charge in [0, 0.05) is 19.0 Å². The van der Waals surface area contributed by atoms with Crippen molar-refractivity contribution < 1.29 is 9.13 Å². The van der Waals surface area contributed by atoms with E-state index in [1.54, 1.807) is 13.2 Å². The Morgan fingerprint density at radius 3 is 2.72 bits per heavy atom. The molecule has 0 aliphatic rings. The monoisotopic (exact) mass is 312 g/mol. The highest BCUT2D eigenvalue weighted by Gasteiger charge is 2.13. The van der Waals surface area contributed by atoms with Crippen molar-refractivity contribution in [1.29, 1.82) is 0 Å². The highest BCUT2D eigenvalue weighted by Crippen LogP contribution is 2.26. The maximum absolute atomic E-state index is 13.3. The summed E-state index contributed by atoms with van der Waals surface area (Å²) in [6, 6.07) is 4.53. The van der Waals surface area contributed by atoms with Gasteiger partial charge >= 0.3 is 0 Å². The standard InChI is InChI=1S/C13H14BrFN2O/c1-8-16-13(14)11(17(8)2)7-9-6-10(15)4-5-12(9)18-3/h4-6H,7H2,1-3H3. The topological polar surface area (TPSA) is 27.1 Å². The highest BCUT2D eigenvalue weighted by atomic mass is 79.9. The number of hydrogen-bond acceptors (Lipinski definition) is 2. The molecule has 0 radical (unpaired) electrons. The van der Waals surface area contributed by atoms with E-state index >= 15 is 0 Å². The maximum Gasteiger partial charge on any atom is 0.127 e. The van der Waals surface area contributed by atoms with E-state index in [-0.39, 0.29) is 5.82 Å². The molecule has 0 saturated carbocycles. The first-order valence-corrected chi connectivity index (χ1v) is 6.32. The van der Waals surface area contributed by atoms with Crippen molar-refractivity contribution in [2.75, 3.05) is 7.11 Å². The van der Waals surface area contributed by atoms with Gasteiger partial charge in [0.25, 0.3) is 0 Å². The Balaban J connectivity index is 2.42. The number of nitrogens with zero attached hydrogens (tertiary/aromatic N) is 2. The number of halogens is 2. The van der Waals surface area contributed by atoms with E-state index in [9.17, 15) is 4.39 Å². The van der Waals surface area contributed by atoms with Crippen LogP contribution in [0.15, 0.2) is 22.8 Å². The normalized spacial score (nSPS) is 10.7. The SMILES string of the molecule is COc1ccc(F)cc1Cc1c(Br)nc(C)n1C. The van der Waals surface area contributed by atoms with Gasteiger partial charge in [0.05, 0.1) is 12.8 Å². The minimum Gasteiger partial charge on any atom is -0.496 e. The number of ether oxygens (including phenoxy) is 1. The molecule has 1 aromatic heterocycles. The molecule has 1 aromatic carbocycles. The van der Waals surface area contributed by atoms with Crippen LogP contribution in [0.3, 0.4) is 0 Å². The van der Waals surface area contributed by atoms with Crippen LogP contribution in [-0.2, 0) is 13.5 Å². The van der Waals surface area contributed by atoms with E-state index in [0.29, 0.717) is 12.2 Å². The molecule has 5 heteroatoms. The Kier molecular flexibility index (Phi) is 3.71. The molecule has 0 N–H and O–H groups in total. The van der Waals surface area contributed by atoms with Gasteiger partial charge in [0.15, 0.2) is 0 Å². The summed E-state index contributed by atoms with van der Waals surface area (Å²) in [4.78, 5) is 4.33. The van der Waals surface area contributed by atoms with Gasteiger partial charge in [0.2, 0.25) is 0 Å². The van der Waals surface area contributed by atoms with Gasteiger partial charge in [-0.1, -0.05) is 0 Å². The fraction of sp³-hybridized carbons (Fsp3) is 0.308. The highest BCUT2D eigenvalue weighted by molar-refractivity contribution is 9.10. The van der Waals surface area contributed by atoms with Crippen LogP contribution in [0.25, 0.3) is 0 Å². The van der Waals surface area contributed by atoms with Gasteiger partial charge in [-0.2, -0.15) is 0 Å². The molecule has 96 valence electrons. The zero-order valence-electron chi connectivity index (χ0n) is 10.5. The zero-order valence-corrected chi connectivity index (χ0v) is 12.1. The fourth-order valence-electron chi connectivity index (χ4n) is 1.87. The predicted octanol–water partition coefficient (Wildman–Crippen LogP) is 3.23. The second-order valence-electron chi connectivity index (χ2n) is 4.09. The summed E-state index contributed by atoms with van der Waals surface area (Å²) in [5, 5.41) is 0. The van der Waals surface area contributed by atoms with Crippen LogP contribution in [0.2, 0.25) is 0 Å². The van der Waals surface area contributed by atoms with E-state index in [2.05, 4.69) is 20.9 Å². The first kappa shape index (κ1) is 13.1. The minimum absolute atomic E-state index is 0.263. The molecule has 0 saturated heterocycles. The summed E-state index contributed by atoms with van der Waals surface area (Å²) < 4.78 is 21.3. The van der Waals surface area contributed by atoms with Crippen LogP contribution in [0.1, 0.15) is 17.1 Å². The summed E-state index contributed by atoms with van der Waals surface area (Å²) in [5.41, 5.74) is 1.80. The second-order valence-corrected chi connectivity index (χ2v) is 4.84. The van der Waals surface area contributed by atoms with E-state index in [1.807, 2.05) is 18.5 Å². The third-order valence-electron chi connectivity index (χ3n) is 2.99. The molecule has 18 heavy (non-hydrogen) atoms. The molecule has 0 fully saturated rings. The Hall–Kier alpha value is -1.36. The number of hydrogen-bond donors (Lipinski definition) is 0. The number of imidazole rings is 1. The first-order valence-electron chi connectivity index (χ1n) is 5.53. The van der Waals surface area contributed by atoms with E-state index in [0.717, 1.165) is 21.7 Å². The van der Waals surface area contributed by atoms with E-state index < -0.39 is 0 Å². The average molecular weight is 313 g/mol. The Morgan fingerprint density at radius 1 is 1.44 bits per heavy atom. The lowest BCUT2D eigenvalue weighted by atomic mass is 10.1. The quantitative estimate of drug-likeness (QED) is 0.870. The molecule has 2 aromatic rings. The number of benzene rings is 1. The minimum atomic E-state index is -0.263. The number of methoxy groups -OCH3 is 1. The number of rotatable bonds is 3. The number of aryl methyl sites for hydroxylation is 1. The predicted molar refractivity (Wildman–Crippen MR) is 71.4 cm³/mol. The van der Waals surface area contributed by atoms with Gasteiger partial charge in [0.1, 0.15) is 22.0 Å². The second kappa shape index (κ2) is 5.10. The van der Waals surface area contributed by atoms with Crippen molar-refractivity contribution in [3.63, 3.8) is 0 Å². The van der Waals surface area contributed by atoms with Crippen LogP contribution in [0.4, 0.5) is 4.39 Å². The number of aromatic nitrogens is 2. The van der Waals surface area contributed by atoms with Crippen molar-refractivity contribution in [2.24, 2.45) is 7.05 Å². The molecular formula is C13H14BrFN2O. The van der Waals surface area contributed by atoms with Crippen LogP contribution in [-0.4, -0.2) is 16.7 Å². The van der Waals surface area contributed by atoms with Crippen molar-refractivity contribution in [2.45, 2.75) is 13.3 Å². The van der Waals surface area contributed by atoms with Crippen LogP contribution >= 0.6 is 15.9 Å². The third kappa shape index (κ3) is 2.41. The van der Waals surface area contributed by atoms with Gasteiger partial charge in [-0.05, 0) is 41.1 Å². The summed E-state index contributed by atoms with van der Waals surface area (Å²) in [5.74, 6) is 1.33. The van der Waals surface area contributed by atoms with Gasteiger partial charge in [-0.3, -0.25) is 0 Å². The van der Waals surface area contributed by atoms with Crippen molar-refractivity contribution in [3.8, 4) is 5.75 Å². The molecule has 0 unspecified atom stereocenters. The molecule has 3 nitrogen and oxygen atoms in total. The summed E-state index contributed by atoms with van der Waals surface area (Å²) in [7, 11) is 3.52. The molecule has 0 aliphatic heterocycles. The van der Waals surface area contributed by atoms with Gasteiger partial charge in [-0.25, -0.2) is 9.37 Å². The van der Waals surface area contributed by atoms with E-state index in [4.69, 9.17) is 4.74 Å². The molecule has 0 spiro atoms. The van der Waals surface area contributed by atoms with Crippen LogP contribution in [0, 0.1) is 12.7 Å². The lowest BCUT2D eigenvalue weighted by molar-refractivity contribution is 0.409. The smallest absolute Gasteiger partial charge is 0.127 e. The molecule has 1 heterocycles. The Labute approximate surface area is 114 Å². The van der Waals surface area contributed by atoms with Crippen LogP contribution < -0.4 is 4.74 Å². The van der Waals surface area contributed by atoms with Crippen molar-refractivity contribution in [1.82, 2.24) is 9.55 Å².